The van der Waals surface area contributed by atoms with Crippen LogP contribution in [0.3, 0.4) is 0 Å². The minimum absolute atomic E-state index is 0.00749. The average Bonchev–Trinajstić information content (AvgIpc) is 3.70. The number of carbonyl (C=O) groups is 1. The Morgan fingerprint density at radius 3 is 2.49 bits per heavy atom. The number of carbonyl (C=O) groups excluding carboxylic acids is 1. The van der Waals surface area contributed by atoms with Crippen molar-refractivity contribution in [3.63, 3.8) is 0 Å². The van der Waals surface area contributed by atoms with Crippen molar-refractivity contribution in [3.8, 4) is 17.1 Å². The van der Waals surface area contributed by atoms with Crippen molar-refractivity contribution in [2.45, 2.75) is 37.6 Å². The molecule has 1 amide bonds. The number of pyridine rings is 1. The number of aromatic nitrogens is 5. The van der Waals surface area contributed by atoms with E-state index in [1.807, 2.05) is 30.3 Å². The maximum absolute atomic E-state index is 14.1. The van der Waals surface area contributed by atoms with E-state index in [9.17, 15) is 26.4 Å². The molecule has 0 radical (unpaired) electrons. The van der Waals surface area contributed by atoms with E-state index < -0.39 is 40.3 Å². The number of benzene rings is 2. The van der Waals surface area contributed by atoms with Gasteiger partial charge in [0.15, 0.2) is 0 Å². The van der Waals surface area contributed by atoms with E-state index in [0.717, 1.165) is 15.5 Å². The third-order valence-corrected chi connectivity index (χ3v) is 10.8. The smallest absolute Gasteiger partial charge is 0.449 e. The third kappa shape index (κ3) is 6.04. The van der Waals surface area contributed by atoms with Gasteiger partial charge in [-0.3, -0.25) is 9.69 Å². The van der Waals surface area contributed by atoms with Crippen LogP contribution in [0.5, 0.6) is 5.88 Å². The van der Waals surface area contributed by atoms with Crippen molar-refractivity contribution >= 4 is 37.7 Å². The number of alkyl halides is 3. The molecule has 1 atom stereocenters. The molecule has 0 saturated carbocycles. The fourth-order valence-electron chi connectivity index (χ4n) is 6.68. The quantitative estimate of drug-likeness (QED) is 0.281. The number of piperazine rings is 1. The molecule has 0 bridgehead atoms. The van der Waals surface area contributed by atoms with Crippen LogP contribution in [0.4, 0.5) is 13.2 Å². The van der Waals surface area contributed by atoms with Gasteiger partial charge in [0, 0.05) is 31.1 Å². The molecule has 5 aromatic rings. The summed E-state index contributed by atoms with van der Waals surface area (Å²) in [5.74, 6) is -0.640. The Bertz CT molecular complexity index is 2060. The van der Waals surface area contributed by atoms with Crippen LogP contribution in [-0.4, -0.2) is 92.9 Å². The molecule has 3 aromatic heterocycles. The van der Waals surface area contributed by atoms with Gasteiger partial charge in [0.25, 0.3) is 0 Å². The van der Waals surface area contributed by atoms with Crippen molar-refractivity contribution in [3.05, 3.63) is 72.4 Å². The van der Waals surface area contributed by atoms with E-state index in [2.05, 4.69) is 24.8 Å². The van der Waals surface area contributed by atoms with E-state index in [-0.39, 0.29) is 35.1 Å². The molecule has 2 saturated heterocycles. The lowest BCUT2D eigenvalue weighted by molar-refractivity contribution is -0.148. The lowest BCUT2D eigenvalue weighted by Gasteiger charge is -2.44. The van der Waals surface area contributed by atoms with Crippen LogP contribution in [-0.2, 0) is 27.4 Å². The first-order valence-electron chi connectivity index (χ1n) is 15.3. The highest BCUT2D eigenvalue weighted by atomic mass is 32.2. The lowest BCUT2D eigenvalue weighted by atomic mass is 10.0. The van der Waals surface area contributed by atoms with Gasteiger partial charge >= 0.3 is 6.18 Å². The molecule has 0 spiro atoms. The molecule has 7 rings (SSSR count). The van der Waals surface area contributed by atoms with Crippen molar-refractivity contribution in [1.29, 1.82) is 0 Å². The number of hydrogen-bond donors (Lipinski definition) is 1. The highest BCUT2D eigenvalue weighted by Crippen LogP contribution is 2.35. The molecular weight excluding hydrogens is 635 g/mol. The molecule has 2 fully saturated rings. The minimum atomic E-state index is -4.76. The van der Waals surface area contributed by atoms with E-state index in [1.54, 1.807) is 23.2 Å². The van der Waals surface area contributed by atoms with Crippen LogP contribution < -0.4 is 4.74 Å². The Hall–Kier alpha value is -4.50. The van der Waals surface area contributed by atoms with Gasteiger partial charge in [0.1, 0.15) is 28.2 Å². The standard InChI is InChI=1S/C32H32F3N7O4S/c1-46-30-22(16-20-6-2-3-7-23(20)38-30)25-17-36-29(37-25)27-18-40(21-10-14-47(44,45)15-11-21)12-13-41(27)28(43)19-42-26-9-5-4-8-24(26)39-31(42)32(33,34)35/h2-9,16-17,21,27H,10-15,18-19H2,1H3,(H,36,37)/t27-/m0/s1. The first kappa shape index (κ1) is 31.1. The number of halogens is 3. The number of nitrogens with zero attached hydrogens (tertiary/aromatic N) is 6. The number of ether oxygens (including phenoxy) is 1. The van der Waals surface area contributed by atoms with Crippen LogP contribution in [0.1, 0.15) is 30.5 Å². The Labute approximate surface area is 268 Å². The zero-order valence-corrected chi connectivity index (χ0v) is 26.3. The summed E-state index contributed by atoms with van der Waals surface area (Å²) in [6, 6.07) is 15.1. The SMILES string of the molecule is COc1nc2ccccc2cc1-c1cnc([C@@H]2CN(C3CCS(=O)(=O)CC3)CCN2C(=O)Cn2c(C(F)(F)F)nc3ccccc32)[nH]1. The largest absolute Gasteiger partial charge is 0.480 e. The van der Waals surface area contributed by atoms with Crippen LogP contribution in [0.2, 0.25) is 0 Å². The van der Waals surface area contributed by atoms with Gasteiger partial charge < -0.3 is 19.2 Å². The summed E-state index contributed by atoms with van der Waals surface area (Å²) in [4.78, 5) is 34.1. The summed E-state index contributed by atoms with van der Waals surface area (Å²) in [6.07, 6.45) is -2.18. The van der Waals surface area contributed by atoms with Gasteiger partial charge in [-0.25, -0.2) is 23.4 Å². The summed E-state index contributed by atoms with van der Waals surface area (Å²) in [6.45, 7) is 0.425. The highest BCUT2D eigenvalue weighted by Gasteiger charge is 2.41. The molecule has 1 N–H and O–H groups in total. The number of rotatable bonds is 6. The fourth-order valence-corrected chi connectivity index (χ4v) is 8.15. The molecule has 2 aromatic carbocycles. The average molecular weight is 668 g/mol. The van der Waals surface area contributed by atoms with Gasteiger partial charge in [-0.15, -0.1) is 0 Å². The molecule has 15 heteroatoms. The summed E-state index contributed by atoms with van der Waals surface area (Å²) >= 11 is 0. The number of methoxy groups -OCH3 is 1. The number of H-pyrrole nitrogens is 1. The second-order valence-electron chi connectivity index (χ2n) is 11.9. The second-order valence-corrected chi connectivity index (χ2v) is 14.2. The number of nitrogens with one attached hydrogen (secondary N) is 1. The zero-order valence-electron chi connectivity index (χ0n) is 25.4. The van der Waals surface area contributed by atoms with E-state index in [4.69, 9.17) is 4.74 Å². The maximum atomic E-state index is 14.1. The fraction of sp³-hybridized carbons (Fsp3) is 0.375. The van der Waals surface area contributed by atoms with Crippen molar-refractivity contribution < 1.29 is 31.1 Å². The van der Waals surface area contributed by atoms with Crippen LogP contribution in [0.15, 0.2) is 60.8 Å². The van der Waals surface area contributed by atoms with Crippen molar-refractivity contribution in [2.75, 3.05) is 38.2 Å². The number of amides is 1. The number of aromatic amines is 1. The Morgan fingerprint density at radius 2 is 1.74 bits per heavy atom. The number of imidazole rings is 2. The van der Waals surface area contributed by atoms with Crippen LogP contribution in [0.25, 0.3) is 33.2 Å². The number of fused-ring (bicyclic) bond motifs is 2. The maximum Gasteiger partial charge on any atom is 0.449 e. The Balaban J connectivity index is 1.23. The van der Waals surface area contributed by atoms with Crippen molar-refractivity contribution in [2.24, 2.45) is 0 Å². The summed E-state index contributed by atoms with van der Waals surface area (Å²) < 4.78 is 73.0. The highest BCUT2D eigenvalue weighted by molar-refractivity contribution is 7.91. The third-order valence-electron chi connectivity index (χ3n) is 9.06. The molecule has 0 unspecified atom stereocenters. The number of sulfone groups is 1. The van der Waals surface area contributed by atoms with Gasteiger partial charge in [-0.05, 0) is 37.1 Å². The molecule has 2 aliphatic heterocycles. The lowest BCUT2D eigenvalue weighted by Crippen LogP contribution is -2.55. The first-order valence-corrected chi connectivity index (χ1v) is 17.1. The predicted octanol–water partition coefficient (Wildman–Crippen LogP) is 4.46. The monoisotopic (exact) mass is 667 g/mol. The van der Waals surface area contributed by atoms with E-state index >= 15 is 0 Å². The molecule has 2 aliphatic rings. The number of hydrogen-bond acceptors (Lipinski definition) is 8. The Kier molecular flexibility index (Phi) is 7.91. The Morgan fingerprint density at radius 1 is 1.02 bits per heavy atom. The summed E-state index contributed by atoms with van der Waals surface area (Å²) in [5.41, 5.74) is 2.38. The molecule has 47 heavy (non-hydrogen) atoms. The van der Waals surface area contributed by atoms with Gasteiger partial charge in [-0.2, -0.15) is 13.2 Å². The molecule has 0 aliphatic carbocycles. The number of para-hydroxylation sites is 3. The summed E-state index contributed by atoms with van der Waals surface area (Å²) in [5, 5.41) is 0.889. The predicted molar refractivity (Wildman–Crippen MR) is 168 cm³/mol. The van der Waals surface area contributed by atoms with Crippen molar-refractivity contribution in [1.82, 2.24) is 34.3 Å². The normalized spacial score (nSPS) is 19.4. The van der Waals surface area contributed by atoms with Crippen LogP contribution >= 0.6 is 0 Å². The molecule has 5 heterocycles. The first-order chi connectivity index (χ1) is 22.5. The minimum Gasteiger partial charge on any atom is -0.480 e. The van der Waals surface area contributed by atoms with E-state index in [0.29, 0.717) is 48.9 Å². The van der Waals surface area contributed by atoms with Gasteiger partial charge in [-0.1, -0.05) is 30.3 Å². The second kappa shape index (κ2) is 11.9. The molecular formula is C32H32F3N7O4S. The van der Waals surface area contributed by atoms with E-state index in [1.165, 1.54) is 19.2 Å². The molecule has 246 valence electrons. The van der Waals surface area contributed by atoms with Crippen LogP contribution in [0, 0.1) is 0 Å². The van der Waals surface area contributed by atoms with Gasteiger partial charge in [0.2, 0.25) is 17.6 Å². The topological polar surface area (TPSA) is 126 Å². The summed E-state index contributed by atoms with van der Waals surface area (Å²) in [7, 11) is -1.56. The zero-order chi connectivity index (χ0) is 32.9. The molecule has 11 nitrogen and oxygen atoms in total. The van der Waals surface area contributed by atoms with Gasteiger partial charge in [0.05, 0.1) is 52.6 Å².